The van der Waals surface area contributed by atoms with Gasteiger partial charge in [0.15, 0.2) is 17.3 Å². The number of nitrogens with zero attached hydrogens (tertiary/aromatic N) is 4. The lowest BCUT2D eigenvalue weighted by Gasteiger charge is -2.08. The quantitative estimate of drug-likeness (QED) is 0.630. The van der Waals surface area contributed by atoms with E-state index in [-0.39, 0.29) is 11.5 Å². The number of aromatic hydroxyl groups is 2. The zero-order chi connectivity index (χ0) is 14.7. The molecule has 0 bridgehead atoms. The summed E-state index contributed by atoms with van der Waals surface area (Å²) in [4.78, 5) is 8.14. The Morgan fingerprint density at radius 3 is 2.67 bits per heavy atom. The maximum Gasteiger partial charge on any atom is 0.157 e. The van der Waals surface area contributed by atoms with E-state index in [4.69, 9.17) is 0 Å². The van der Waals surface area contributed by atoms with E-state index in [1.165, 1.54) is 18.5 Å². The number of anilines is 1. The summed E-state index contributed by atoms with van der Waals surface area (Å²) in [5.41, 5.74) is 1.69. The molecule has 3 aromatic rings. The summed E-state index contributed by atoms with van der Waals surface area (Å²) < 4.78 is 1.57. The monoisotopic (exact) mass is 283 g/mol. The molecular formula is C14H13N5O2. The van der Waals surface area contributed by atoms with Crippen LogP contribution < -0.4 is 5.32 Å². The fourth-order valence-electron chi connectivity index (χ4n) is 1.84. The smallest absolute Gasteiger partial charge is 0.157 e. The number of nitrogens with one attached hydrogen (secondary N) is 1. The maximum atomic E-state index is 9.43. The van der Waals surface area contributed by atoms with Crippen LogP contribution in [0.1, 0.15) is 5.56 Å². The van der Waals surface area contributed by atoms with E-state index >= 15 is 0 Å². The highest BCUT2D eigenvalue weighted by Crippen LogP contribution is 2.25. The SMILES string of the molecule is Oc1ccc(CNc2ccc(-n3cncn3)nc2)cc1O. The van der Waals surface area contributed by atoms with Gasteiger partial charge in [-0.15, -0.1) is 0 Å². The van der Waals surface area contributed by atoms with Gasteiger partial charge >= 0.3 is 0 Å². The molecule has 0 radical (unpaired) electrons. The molecule has 2 heterocycles. The minimum absolute atomic E-state index is 0.127. The predicted molar refractivity (Wildman–Crippen MR) is 76.3 cm³/mol. The van der Waals surface area contributed by atoms with Gasteiger partial charge in [0.1, 0.15) is 12.7 Å². The van der Waals surface area contributed by atoms with Crippen LogP contribution in [-0.2, 0) is 6.54 Å². The van der Waals surface area contributed by atoms with E-state index in [0.717, 1.165) is 11.3 Å². The molecule has 0 atom stereocenters. The van der Waals surface area contributed by atoms with E-state index in [1.807, 2.05) is 12.1 Å². The molecule has 0 spiro atoms. The van der Waals surface area contributed by atoms with Gasteiger partial charge in [-0.2, -0.15) is 5.10 Å². The Morgan fingerprint density at radius 2 is 2.00 bits per heavy atom. The van der Waals surface area contributed by atoms with Crippen molar-refractivity contribution in [2.75, 3.05) is 5.32 Å². The van der Waals surface area contributed by atoms with E-state index in [1.54, 1.807) is 23.3 Å². The third-order valence-corrected chi connectivity index (χ3v) is 2.94. The molecular weight excluding hydrogens is 270 g/mol. The summed E-state index contributed by atoms with van der Waals surface area (Å²) in [5.74, 6) is 0.423. The third-order valence-electron chi connectivity index (χ3n) is 2.94. The second kappa shape index (κ2) is 5.49. The molecule has 21 heavy (non-hydrogen) atoms. The minimum atomic E-state index is -0.131. The number of aromatic nitrogens is 4. The van der Waals surface area contributed by atoms with E-state index in [0.29, 0.717) is 12.4 Å². The first-order valence-electron chi connectivity index (χ1n) is 6.28. The van der Waals surface area contributed by atoms with Crippen molar-refractivity contribution in [3.8, 4) is 17.3 Å². The third kappa shape index (κ3) is 2.92. The molecule has 0 aliphatic carbocycles. The van der Waals surface area contributed by atoms with Crippen molar-refractivity contribution in [2.45, 2.75) is 6.54 Å². The van der Waals surface area contributed by atoms with Gasteiger partial charge in [0.2, 0.25) is 0 Å². The molecule has 106 valence electrons. The molecule has 0 fully saturated rings. The Labute approximate surface area is 120 Å². The van der Waals surface area contributed by atoms with E-state index < -0.39 is 0 Å². The van der Waals surface area contributed by atoms with Gasteiger partial charge in [-0.3, -0.25) is 0 Å². The molecule has 3 rings (SSSR count). The van der Waals surface area contributed by atoms with Crippen molar-refractivity contribution < 1.29 is 10.2 Å². The fourth-order valence-corrected chi connectivity index (χ4v) is 1.84. The first-order chi connectivity index (χ1) is 10.2. The lowest BCUT2D eigenvalue weighted by Crippen LogP contribution is -2.02. The Hall–Kier alpha value is -3.09. The van der Waals surface area contributed by atoms with Gasteiger partial charge < -0.3 is 15.5 Å². The van der Waals surface area contributed by atoms with Gasteiger partial charge in [0.25, 0.3) is 0 Å². The lowest BCUT2D eigenvalue weighted by atomic mass is 10.2. The summed E-state index contributed by atoms with van der Waals surface area (Å²) in [6.45, 7) is 0.512. The summed E-state index contributed by atoms with van der Waals surface area (Å²) in [6.07, 6.45) is 4.72. The second-order valence-corrected chi connectivity index (χ2v) is 4.42. The number of hydrogen-bond acceptors (Lipinski definition) is 6. The number of phenols is 2. The van der Waals surface area contributed by atoms with Crippen molar-refractivity contribution in [1.82, 2.24) is 19.7 Å². The average molecular weight is 283 g/mol. The van der Waals surface area contributed by atoms with Gasteiger partial charge in [-0.1, -0.05) is 6.07 Å². The summed E-state index contributed by atoms with van der Waals surface area (Å²) in [5, 5.41) is 25.9. The number of pyridine rings is 1. The molecule has 0 aliphatic rings. The van der Waals surface area contributed by atoms with E-state index in [2.05, 4.69) is 20.4 Å². The highest BCUT2D eigenvalue weighted by molar-refractivity contribution is 5.46. The van der Waals surface area contributed by atoms with Crippen LogP contribution >= 0.6 is 0 Å². The highest BCUT2D eigenvalue weighted by atomic mass is 16.3. The summed E-state index contributed by atoms with van der Waals surface area (Å²) >= 11 is 0. The van der Waals surface area contributed by atoms with Gasteiger partial charge in [0.05, 0.1) is 11.9 Å². The van der Waals surface area contributed by atoms with E-state index in [9.17, 15) is 10.2 Å². The molecule has 0 saturated heterocycles. The Kier molecular flexibility index (Phi) is 3.38. The van der Waals surface area contributed by atoms with Crippen molar-refractivity contribution in [2.24, 2.45) is 0 Å². The number of rotatable bonds is 4. The first kappa shape index (κ1) is 12.9. The standard InChI is InChI=1S/C14H13N5O2/c20-12-3-1-10(5-13(12)21)6-16-11-2-4-14(17-7-11)19-9-15-8-18-19/h1-5,7-9,16,20-21H,6H2. The average Bonchev–Trinajstić information content (AvgIpc) is 3.03. The van der Waals surface area contributed by atoms with Crippen molar-refractivity contribution in [3.63, 3.8) is 0 Å². The van der Waals surface area contributed by atoms with Gasteiger partial charge in [-0.25, -0.2) is 14.6 Å². The topological polar surface area (TPSA) is 96.1 Å². The first-order valence-corrected chi connectivity index (χ1v) is 6.28. The van der Waals surface area contributed by atoms with Crippen molar-refractivity contribution in [3.05, 3.63) is 54.7 Å². The van der Waals surface area contributed by atoms with Crippen LogP contribution in [0.2, 0.25) is 0 Å². The van der Waals surface area contributed by atoms with Crippen LogP contribution in [-0.4, -0.2) is 30.0 Å². The second-order valence-electron chi connectivity index (χ2n) is 4.42. The van der Waals surface area contributed by atoms with Crippen LogP contribution in [0.3, 0.4) is 0 Å². The summed E-state index contributed by atoms with van der Waals surface area (Å²) in [7, 11) is 0. The Balaban J connectivity index is 1.66. The molecule has 3 N–H and O–H groups in total. The van der Waals surface area contributed by atoms with Crippen molar-refractivity contribution in [1.29, 1.82) is 0 Å². The molecule has 1 aromatic carbocycles. The van der Waals surface area contributed by atoms with Crippen molar-refractivity contribution >= 4 is 5.69 Å². The van der Waals surface area contributed by atoms with Gasteiger partial charge in [-0.05, 0) is 29.8 Å². The molecule has 0 amide bonds. The molecule has 7 heteroatoms. The van der Waals surface area contributed by atoms with Crippen LogP contribution in [0.4, 0.5) is 5.69 Å². The van der Waals surface area contributed by atoms with Crippen LogP contribution in [0.5, 0.6) is 11.5 Å². The fraction of sp³-hybridized carbons (Fsp3) is 0.0714. The summed E-state index contributed by atoms with van der Waals surface area (Å²) in [6, 6.07) is 8.41. The maximum absolute atomic E-state index is 9.43. The van der Waals surface area contributed by atoms with Gasteiger partial charge in [0, 0.05) is 6.54 Å². The Morgan fingerprint density at radius 1 is 1.10 bits per heavy atom. The number of phenolic OH excluding ortho intramolecular Hbond substituents is 2. The highest BCUT2D eigenvalue weighted by Gasteiger charge is 2.02. The molecule has 0 aliphatic heterocycles. The molecule has 0 unspecified atom stereocenters. The predicted octanol–water partition coefficient (Wildman–Crippen LogP) is 1.69. The normalized spacial score (nSPS) is 10.5. The largest absolute Gasteiger partial charge is 0.504 e. The lowest BCUT2D eigenvalue weighted by molar-refractivity contribution is 0.403. The number of hydrogen-bond donors (Lipinski definition) is 3. The molecule has 2 aromatic heterocycles. The minimum Gasteiger partial charge on any atom is -0.504 e. The van der Waals surface area contributed by atoms with Crippen LogP contribution in [0, 0.1) is 0 Å². The zero-order valence-corrected chi connectivity index (χ0v) is 11.0. The van der Waals surface area contributed by atoms with Crippen LogP contribution in [0.25, 0.3) is 5.82 Å². The molecule has 7 nitrogen and oxygen atoms in total. The zero-order valence-electron chi connectivity index (χ0n) is 11.0. The number of benzene rings is 1. The van der Waals surface area contributed by atoms with Crippen LogP contribution in [0.15, 0.2) is 49.2 Å². The molecule has 0 saturated carbocycles. The Bertz CT molecular complexity index is 726.